The zero-order valence-electron chi connectivity index (χ0n) is 14.4. The van der Waals surface area contributed by atoms with E-state index < -0.39 is 0 Å². The largest absolute Gasteiger partial charge is 0.384 e. The summed E-state index contributed by atoms with van der Waals surface area (Å²) in [5.74, 6) is 0.195. The first-order chi connectivity index (χ1) is 11.7. The number of rotatable bonds is 5. The van der Waals surface area contributed by atoms with Crippen LogP contribution in [0, 0.1) is 6.92 Å². The Morgan fingerprint density at radius 1 is 1.33 bits per heavy atom. The first kappa shape index (κ1) is 16.7. The lowest BCUT2D eigenvalue weighted by Gasteiger charge is -2.33. The van der Waals surface area contributed by atoms with Gasteiger partial charge >= 0.3 is 0 Å². The smallest absolute Gasteiger partial charge is 0.224 e. The Morgan fingerprint density at radius 2 is 2.08 bits per heavy atom. The first-order valence-corrected chi connectivity index (χ1v) is 8.57. The van der Waals surface area contributed by atoms with Crippen molar-refractivity contribution >= 4 is 22.5 Å². The molecule has 24 heavy (non-hydrogen) atoms. The normalized spacial score (nSPS) is 15.7. The van der Waals surface area contributed by atoms with Crippen molar-refractivity contribution in [2.45, 2.75) is 32.2 Å². The van der Waals surface area contributed by atoms with Crippen LogP contribution < -0.4 is 5.32 Å². The predicted molar refractivity (Wildman–Crippen MR) is 96.2 cm³/mol. The van der Waals surface area contributed by atoms with E-state index in [2.05, 4.69) is 22.4 Å². The maximum atomic E-state index is 12.1. The fraction of sp³-hybridized carbons (Fsp3) is 0.474. The number of para-hydroxylation sites is 1. The van der Waals surface area contributed by atoms with Crippen LogP contribution in [0.15, 0.2) is 30.3 Å². The fourth-order valence-electron chi connectivity index (χ4n) is 3.27. The van der Waals surface area contributed by atoms with Crippen LogP contribution in [0.25, 0.3) is 10.9 Å². The highest BCUT2D eigenvalue weighted by atomic mass is 16.5. The molecule has 0 bridgehead atoms. The summed E-state index contributed by atoms with van der Waals surface area (Å²) in [6.07, 6.45) is 2.41. The fourth-order valence-corrected chi connectivity index (χ4v) is 3.27. The zero-order valence-corrected chi connectivity index (χ0v) is 14.4. The Labute approximate surface area is 143 Å². The zero-order chi connectivity index (χ0) is 16.9. The van der Waals surface area contributed by atoms with E-state index in [0.29, 0.717) is 19.1 Å². The molecule has 1 fully saturated rings. The van der Waals surface area contributed by atoms with Gasteiger partial charge < -0.3 is 15.0 Å². The van der Waals surface area contributed by atoms with Crippen molar-refractivity contribution in [1.82, 2.24) is 9.88 Å². The molecule has 2 aromatic rings. The van der Waals surface area contributed by atoms with Crippen molar-refractivity contribution in [1.29, 1.82) is 0 Å². The number of nitrogens with one attached hydrogen (secondary N) is 1. The van der Waals surface area contributed by atoms with Gasteiger partial charge in [0.2, 0.25) is 5.91 Å². The van der Waals surface area contributed by atoms with Gasteiger partial charge in [-0.05, 0) is 31.9 Å². The Hall–Kier alpha value is -2.14. The number of aromatic nitrogens is 1. The van der Waals surface area contributed by atoms with E-state index in [9.17, 15) is 4.79 Å². The maximum absolute atomic E-state index is 12.1. The van der Waals surface area contributed by atoms with Crippen molar-refractivity contribution in [3.63, 3.8) is 0 Å². The third-order valence-electron chi connectivity index (χ3n) is 4.57. The molecular weight excluding hydrogens is 302 g/mol. The van der Waals surface area contributed by atoms with E-state index in [4.69, 9.17) is 4.74 Å². The van der Waals surface area contributed by atoms with Gasteiger partial charge in [0, 0.05) is 43.0 Å². The molecule has 1 amide bonds. The van der Waals surface area contributed by atoms with Crippen LogP contribution >= 0.6 is 0 Å². The summed E-state index contributed by atoms with van der Waals surface area (Å²) in [7, 11) is 1.63. The molecule has 1 aromatic carbocycles. The van der Waals surface area contributed by atoms with Gasteiger partial charge in [0.05, 0.1) is 18.5 Å². The first-order valence-electron chi connectivity index (χ1n) is 8.57. The van der Waals surface area contributed by atoms with E-state index in [0.717, 1.165) is 48.2 Å². The Morgan fingerprint density at radius 3 is 2.83 bits per heavy atom. The number of piperidine rings is 1. The average molecular weight is 327 g/mol. The Bertz CT molecular complexity index is 709. The van der Waals surface area contributed by atoms with Crippen molar-refractivity contribution in [2.24, 2.45) is 0 Å². The number of methoxy groups -OCH3 is 1. The predicted octanol–water partition coefficient (Wildman–Crippen LogP) is 2.98. The molecule has 0 saturated carbocycles. The van der Waals surface area contributed by atoms with Gasteiger partial charge in [0.25, 0.3) is 0 Å². The topological polar surface area (TPSA) is 54.5 Å². The lowest BCUT2D eigenvalue weighted by molar-refractivity contribution is -0.133. The molecule has 2 heterocycles. The molecule has 1 N–H and O–H groups in total. The van der Waals surface area contributed by atoms with Crippen LogP contribution in [-0.2, 0) is 9.53 Å². The molecule has 3 rings (SSSR count). The summed E-state index contributed by atoms with van der Waals surface area (Å²) in [5.41, 5.74) is 3.18. The van der Waals surface area contributed by atoms with Crippen LogP contribution in [0.2, 0.25) is 0 Å². The molecule has 5 nitrogen and oxygen atoms in total. The van der Waals surface area contributed by atoms with E-state index >= 15 is 0 Å². The lowest BCUT2D eigenvalue weighted by atomic mass is 10.0. The van der Waals surface area contributed by atoms with Crippen molar-refractivity contribution in [2.75, 3.05) is 32.1 Å². The molecule has 0 atom stereocenters. The molecule has 0 unspecified atom stereocenters. The minimum atomic E-state index is 0.195. The Kier molecular flexibility index (Phi) is 5.30. The number of nitrogens with zero attached hydrogens (tertiary/aromatic N) is 2. The number of pyridine rings is 1. The molecular formula is C19H25N3O2. The van der Waals surface area contributed by atoms with Crippen molar-refractivity contribution < 1.29 is 9.53 Å². The summed E-state index contributed by atoms with van der Waals surface area (Å²) in [5, 5.41) is 4.82. The van der Waals surface area contributed by atoms with Gasteiger partial charge in [-0.15, -0.1) is 0 Å². The van der Waals surface area contributed by atoms with Crippen molar-refractivity contribution in [3.8, 4) is 0 Å². The van der Waals surface area contributed by atoms with Gasteiger partial charge in [-0.25, -0.2) is 0 Å². The van der Waals surface area contributed by atoms with Crippen LogP contribution in [0.5, 0.6) is 0 Å². The number of amides is 1. The summed E-state index contributed by atoms with van der Waals surface area (Å²) >= 11 is 0. The van der Waals surface area contributed by atoms with Gasteiger partial charge in [-0.2, -0.15) is 0 Å². The highest BCUT2D eigenvalue weighted by molar-refractivity contribution is 5.91. The van der Waals surface area contributed by atoms with Gasteiger partial charge in [0.15, 0.2) is 0 Å². The van der Waals surface area contributed by atoms with Crippen LogP contribution in [-0.4, -0.2) is 48.6 Å². The van der Waals surface area contributed by atoms with Gasteiger partial charge in [-0.3, -0.25) is 9.78 Å². The molecule has 0 spiro atoms. The minimum Gasteiger partial charge on any atom is -0.384 e. The van der Waals surface area contributed by atoms with E-state index in [1.54, 1.807) is 7.11 Å². The summed E-state index contributed by atoms with van der Waals surface area (Å²) in [6, 6.07) is 10.7. The van der Waals surface area contributed by atoms with E-state index in [-0.39, 0.29) is 5.91 Å². The number of carbonyl (C=O) groups is 1. The van der Waals surface area contributed by atoms with E-state index in [1.807, 2.05) is 30.0 Å². The van der Waals surface area contributed by atoms with Crippen molar-refractivity contribution in [3.05, 3.63) is 36.0 Å². The number of fused-ring (bicyclic) bond motifs is 1. The van der Waals surface area contributed by atoms with Crippen LogP contribution in [0.3, 0.4) is 0 Å². The molecule has 1 aliphatic heterocycles. The molecule has 5 heteroatoms. The number of anilines is 1. The second-order valence-corrected chi connectivity index (χ2v) is 6.37. The highest BCUT2D eigenvalue weighted by Gasteiger charge is 2.22. The number of aryl methyl sites for hydroxylation is 1. The number of hydrogen-bond donors (Lipinski definition) is 1. The maximum Gasteiger partial charge on any atom is 0.224 e. The average Bonchev–Trinajstić information content (AvgIpc) is 2.60. The minimum absolute atomic E-state index is 0.195. The third kappa shape index (κ3) is 3.85. The Balaban J connectivity index is 1.63. The monoisotopic (exact) mass is 327 g/mol. The standard InChI is InChI=1S/C19H25N3O2/c1-14-13-18(16-5-3-4-6-17(16)20-14)21-15-7-10-22(11-8-15)19(23)9-12-24-2/h3-6,13,15H,7-12H2,1-2H3,(H,20,21). The molecule has 1 aromatic heterocycles. The number of likely N-dealkylation sites (tertiary alicyclic amines) is 1. The summed E-state index contributed by atoms with van der Waals surface area (Å²) in [6.45, 7) is 4.14. The summed E-state index contributed by atoms with van der Waals surface area (Å²) < 4.78 is 4.99. The lowest BCUT2D eigenvalue weighted by Crippen LogP contribution is -2.42. The molecule has 0 aliphatic carbocycles. The second-order valence-electron chi connectivity index (χ2n) is 6.37. The second kappa shape index (κ2) is 7.62. The SMILES string of the molecule is COCCC(=O)N1CCC(Nc2cc(C)nc3ccccc23)CC1. The number of ether oxygens (including phenoxy) is 1. The number of hydrogen-bond acceptors (Lipinski definition) is 4. The van der Waals surface area contributed by atoms with E-state index in [1.165, 1.54) is 0 Å². The molecule has 0 radical (unpaired) electrons. The molecule has 1 saturated heterocycles. The van der Waals surface area contributed by atoms with Gasteiger partial charge in [-0.1, -0.05) is 18.2 Å². The molecule has 1 aliphatic rings. The quantitative estimate of drug-likeness (QED) is 0.917. The number of benzene rings is 1. The van der Waals surface area contributed by atoms with Gasteiger partial charge in [0.1, 0.15) is 0 Å². The highest BCUT2D eigenvalue weighted by Crippen LogP contribution is 2.25. The van der Waals surface area contributed by atoms with Crippen LogP contribution in [0.1, 0.15) is 25.0 Å². The summed E-state index contributed by atoms with van der Waals surface area (Å²) in [4.78, 5) is 18.6. The van der Waals surface area contributed by atoms with Crippen LogP contribution in [0.4, 0.5) is 5.69 Å². The molecule has 128 valence electrons. The number of carbonyl (C=O) groups excluding carboxylic acids is 1. The third-order valence-corrected chi connectivity index (χ3v) is 4.57.